The summed E-state index contributed by atoms with van der Waals surface area (Å²) in [5, 5.41) is 3.86. The van der Waals surface area contributed by atoms with E-state index in [0.29, 0.717) is 12.4 Å². The number of amides is 1. The second-order valence-corrected chi connectivity index (χ2v) is 7.88. The van der Waals surface area contributed by atoms with Gasteiger partial charge in [0.25, 0.3) is 5.91 Å². The number of carbonyl (C=O) groups is 1. The van der Waals surface area contributed by atoms with E-state index in [1.165, 1.54) is 36.0 Å². The molecule has 0 radical (unpaired) electrons. The Bertz CT molecular complexity index is 986. The van der Waals surface area contributed by atoms with Gasteiger partial charge in [0.15, 0.2) is 6.61 Å². The normalized spacial score (nSPS) is 13.6. The van der Waals surface area contributed by atoms with Crippen molar-refractivity contribution in [2.45, 2.75) is 38.6 Å². The average molecular weight is 398 g/mol. The van der Waals surface area contributed by atoms with E-state index < -0.39 is 0 Å². The zero-order valence-electron chi connectivity index (χ0n) is 15.9. The van der Waals surface area contributed by atoms with Crippen molar-refractivity contribution in [2.24, 2.45) is 0 Å². The maximum absolute atomic E-state index is 12.3. The van der Waals surface area contributed by atoms with Gasteiger partial charge in [-0.15, -0.1) is 11.3 Å². The number of para-hydroxylation sites is 1. The van der Waals surface area contributed by atoms with Gasteiger partial charge in [0, 0.05) is 17.0 Å². The third-order valence-electron chi connectivity index (χ3n) is 4.98. The van der Waals surface area contributed by atoms with Crippen molar-refractivity contribution in [1.82, 2.24) is 15.3 Å². The number of benzene rings is 1. The van der Waals surface area contributed by atoms with E-state index in [2.05, 4.69) is 15.3 Å². The first-order valence-corrected chi connectivity index (χ1v) is 10.3. The first-order chi connectivity index (χ1) is 13.8. The fraction of sp³-hybridized carbons (Fsp3) is 0.381. The van der Waals surface area contributed by atoms with Gasteiger partial charge in [-0.3, -0.25) is 4.79 Å². The lowest BCUT2D eigenvalue weighted by Gasteiger charge is -2.10. The molecule has 0 spiro atoms. The Morgan fingerprint density at radius 2 is 2.04 bits per heavy atom. The molecule has 0 bridgehead atoms. The Morgan fingerprint density at radius 1 is 1.18 bits per heavy atom. The van der Waals surface area contributed by atoms with Gasteiger partial charge in [0.05, 0.1) is 12.5 Å². The molecule has 1 N–H and O–H groups in total. The van der Waals surface area contributed by atoms with Gasteiger partial charge in [-0.05, 0) is 37.3 Å². The van der Waals surface area contributed by atoms with Crippen LogP contribution < -0.4 is 14.8 Å². The standard InChI is InChI=1S/C21H23N3O3S/c1-26-16-9-6-5-7-14(16)11-22-18(25)12-27-20-19-15-8-3-2-4-10-17(15)28-21(19)24-13-23-20/h5-7,9,13H,2-4,8,10-12H2,1H3,(H,22,25). The van der Waals surface area contributed by atoms with Crippen molar-refractivity contribution in [3.63, 3.8) is 0 Å². The highest BCUT2D eigenvalue weighted by atomic mass is 32.1. The minimum absolute atomic E-state index is 0.0775. The molecule has 7 heteroatoms. The molecule has 0 fully saturated rings. The molecule has 2 aromatic heterocycles. The number of ether oxygens (including phenoxy) is 2. The minimum Gasteiger partial charge on any atom is -0.496 e. The second kappa shape index (κ2) is 8.56. The quantitative estimate of drug-likeness (QED) is 0.643. The molecule has 146 valence electrons. The van der Waals surface area contributed by atoms with Crippen molar-refractivity contribution in [1.29, 1.82) is 0 Å². The van der Waals surface area contributed by atoms with Gasteiger partial charge >= 0.3 is 0 Å². The predicted molar refractivity (Wildman–Crippen MR) is 109 cm³/mol. The Morgan fingerprint density at radius 3 is 2.93 bits per heavy atom. The lowest BCUT2D eigenvalue weighted by atomic mass is 10.1. The SMILES string of the molecule is COc1ccccc1CNC(=O)COc1ncnc2sc3c(c12)CCCCC3. The summed E-state index contributed by atoms with van der Waals surface area (Å²) in [6.07, 6.45) is 7.27. The first-order valence-electron chi connectivity index (χ1n) is 9.53. The van der Waals surface area contributed by atoms with Crippen LogP contribution in [0.5, 0.6) is 11.6 Å². The smallest absolute Gasteiger partial charge is 0.258 e. The van der Waals surface area contributed by atoms with E-state index in [1.807, 2.05) is 24.3 Å². The van der Waals surface area contributed by atoms with Crippen LogP contribution >= 0.6 is 11.3 Å². The number of hydrogen-bond acceptors (Lipinski definition) is 6. The van der Waals surface area contributed by atoms with Crippen LogP contribution in [-0.4, -0.2) is 29.6 Å². The maximum atomic E-state index is 12.3. The summed E-state index contributed by atoms with van der Waals surface area (Å²) in [4.78, 5) is 23.3. The molecule has 4 rings (SSSR count). The third kappa shape index (κ3) is 3.94. The van der Waals surface area contributed by atoms with E-state index in [0.717, 1.165) is 34.4 Å². The summed E-state index contributed by atoms with van der Waals surface area (Å²) in [6.45, 7) is 0.311. The lowest BCUT2D eigenvalue weighted by Crippen LogP contribution is -2.28. The molecule has 1 amide bonds. The molecule has 2 heterocycles. The first kappa shape index (κ1) is 18.7. The number of nitrogens with one attached hydrogen (secondary N) is 1. The highest BCUT2D eigenvalue weighted by molar-refractivity contribution is 7.18. The van der Waals surface area contributed by atoms with E-state index in [4.69, 9.17) is 9.47 Å². The van der Waals surface area contributed by atoms with Gasteiger partial charge in [0.2, 0.25) is 5.88 Å². The summed E-state index contributed by atoms with van der Waals surface area (Å²) in [6, 6.07) is 7.62. The maximum Gasteiger partial charge on any atom is 0.258 e. The van der Waals surface area contributed by atoms with E-state index >= 15 is 0 Å². The highest BCUT2D eigenvalue weighted by Crippen LogP contribution is 2.38. The molecule has 1 aromatic carbocycles. The average Bonchev–Trinajstić information content (AvgIpc) is 2.92. The molecular weight excluding hydrogens is 374 g/mol. The largest absolute Gasteiger partial charge is 0.496 e. The number of thiophene rings is 1. The lowest BCUT2D eigenvalue weighted by molar-refractivity contribution is -0.123. The van der Waals surface area contributed by atoms with Crippen LogP contribution in [0.25, 0.3) is 10.2 Å². The van der Waals surface area contributed by atoms with Crippen LogP contribution in [0, 0.1) is 0 Å². The van der Waals surface area contributed by atoms with Gasteiger partial charge in [-0.1, -0.05) is 24.6 Å². The number of hydrogen-bond donors (Lipinski definition) is 1. The van der Waals surface area contributed by atoms with Crippen LogP contribution in [-0.2, 0) is 24.2 Å². The summed E-state index contributed by atoms with van der Waals surface area (Å²) in [7, 11) is 1.62. The number of carbonyl (C=O) groups excluding carboxylic acids is 1. The molecule has 0 aliphatic heterocycles. The zero-order chi connectivity index (χ0) is 19.3. The van der Waals surface area contributed by atoms with Crippen molar-refractivity contribution in [2.75, 3.05) is 13.7 Å². The second-order valence-electron chi connectivity index (χ2n) is 6.80. The third-order valence-corrected chi connectivity index (χ3v) is 6.17. The molecule has 0 unspecified atom stereocenters. The molecule has 0 saturated carbocycles. The number of methoxy groups -OCH3 is 1. The fourth-order valence-electron chi connectivity index (χ4n) is 3.58. The van der Waals surface area contributed by atoms with Gasteiger partial charge in [0.1, 0.15) is 16.9 Å². The zero-order valence-corrected chi connectivity index (χ0v) is 16.7. The molecule has 28 heavy (non-hydrogen) atoms. The Labute approximate surface area is 167 Å². The number of aryl methyl sites for hydroxylation is 2. The van der Waals surface area contributed by atoms with Crippen LogP contribution in [0.1, 0.15) is 35.3 Å². The molecule has 1 aliphatic rings. The molecule has 0 saturated heterocycles. The summed E-state index contributed by atoms with van der Waals surface area (Å²) >= 11 is 1.73. The van der Waals surface area contributed by atoms with Crippen LogP contribution in [0.15, 0.2) is 30.6 Å². The van der Waals surface area contributed by atoms with Gasteiger partial charge < -0.3 is 14.8 Å². The number of aromatic nitrogens is 2. The highest BCUT2D eigenvalue weighted by Gasteiger charge is 2.20. The van der Waals surface area contributed by atoms with Crippen LogP contribution in [0.2, 0.25) is 0 Å². The van der Waals surface area contributed by atoms with Crippen molar-refractivity contribution in [3.05, 3.63) is 46.6 Å². The molecule has 0 atom stereocenters. The van der Waals surface area contributed by atoms with Crippen LogP contribution in [0.3, 0.4) is 0 Å². The van der Waals surface area contributed by atoms with E-state index in [-0.39, 0.29) is 12.5 Å². The summed E-state index contributed by atoms with van der Waals surface area (Å²) < 4.78 is 11.1. The number of rotatable bonds is 6. The van der Waals surface area contributed by atoms with Crippen LogP contribution in [0.4, 0.5) is 0 Å². The van der Waals surface area contributed by atoms with E-state index in [9.17, 15) is 4.79 Å². The monoisotopic (exact) mass is 397 g/mol. The van der Waals surface area contributed by atoms with Gasteiger partial charge in [-0.2, -0.15) is 0 Å². The van der Waals surface area contributed by atoms with Crippen molar-refractivity contribution in [3.8, 4) is 11.6 Å². The summed E-state index contributed by atoms with van der Waals surface area (Å²) in [5.41, 5.74) is 2.23. The van der Waals surface area contributed by atoms with E-state index in [1.54, 1.807) is 18.4 Å². The Kier molecular flexibility index (Phi) is 5.71. The summed E-state index contributed by atoms with van der Waals surface area (Å²) in [5.74, 6) is 1.07. The molecule has 6 nitrogen and oxygen atoms in total. The number of fused-ring (bicyclic) bond motifs is 3. The topological polar surface area (TPSA) is 73.3 Å². The molecular formula is C21H23N3O3S. The van der Waals surface area contributed by atoms with Gasteiger partial charge in [-0.25, -0.2) is 9.97 Å². The van der Waals surface area contributed by atoms with Crippen molar-refractivity contribution < 1.29 is 14.3 Å². The Balaban J connectivity index is 1.44. The fourth-order valence-corrected chi connectivity index (χ4v) is 4.79. The predicted octanol–water partition coefficient (Wildman–Crippen LogP) is 3.66. The van der Waals surface area contributed by atoms with Crippen molar-refractivity contribution >= 4 is 27.5 Å². The Hall–Kier alpha value is -2.67. The molecule has 1 aliphatic carbocycles. The number of nitrogens with zero attached hydrogens (tertiary/aromatic N) is 2. The molecule has 3 aromatic rings. The minimum atomic E-state index is -0.195.